The lowest BCUT2D eigenvalue weighted by Crippen LogP contribution is -2.22. The highest BCUT2D eigenvalue weighted by atomic mass is 32.2. The zero-order chi connectivity index (χ0) is 22.2. The Bertz CT molecular complexity index is 1220. The molecule has 8 nitrogen and oxygen atoms in total. The third-order valence-corrected chi connectivity index (χ3v) is 7.80. The van der Waals surface area contributed by atoms with Crippen LogP contribution in [0.2, 0.25) is 0 Å². The molecule has 1 N–H and O–H groups in total. The summed E-state index contributed by atoms with van der Waals surface area (Å²) in [5, 5.41) is 7.66. The predicted octanol–water partition coefficient (Wildman–Crippen LogP) is 3.13. The van der Waals surface area contributed by atoms with Crippen molar-refractivity contribution in [1.29, 1.82) is 0 Å². The molecule has 0 unspecified atom stereocenters. The summed E-state index contributed by atoms with van der Waals surface area (Å²) in [6.45, 7) is 0. The van der Waals surface area contributed by atoms with Crippen molar-refractivity contribution in [2.75, 3.05) is 26.5 Å². The van der Waals surface area contributed by atoms with Gasteiger partial charge in [-0.2, -0.15) is 16.9 Å². The predicted molar refractivity (Wildman–Crippen MR) is 120 cm³/mol. The smallest absolute Gasteiger partial charge is 0.256 e. The summed E-state index contributed by atoms with van der Waals surface area (Å²) in [5.41, 5.74) is 3.12. The number of methoxy groups -OCH3 is 1. The van der Waals surface area contributed by atoms with Gasteiger partial charge in [0.2, 0.25) is 10.0 Å². The Labute approximate surface area is 185 Å². The van der Waals surface area contributed by atoms with E-state index in [-0.39, 0.29) is 10.8 Å². The number of carbonyl (C=O) groups excluding carboxylic acids is 1. The number of rotatable bonds is 6. The van der Waals surface area contributed by atoms with Gasteiger partial charge >= 0.3 is 0 Å². The van der Waals surface area contributed by atoms with Gasteiger partial charge in [-0.05, 0) is 48.5 Å². The van der Waals surface area contributed by atoms with E-state index in [9.17, 15) is 13.2 Å². The molecule has 0 fully saturated rings. The Morgan fingerprint density at radius 3 is 2.39 bits per heavy atom. The topological polar surface area (TPSA) is 93.5 Å². The number of hydrogen-bond donors (Lipinski definition) is 1. The van der Waals surface area contributed by atoms with E-state index < -0.39 is 10.0 Å². The largest absolute Gasteiger partial charge is 0.497 e. The standard InChI is InChI=1S/C21H22N4O4S2/c1-24(2)31(27,28)17-10-4-14(5-11-17)21(26)22-20-18-12-30-13-19(18)23-25(20)15-6-8-16(29-3)9-7-15/h4-11H,12-13H2,1-3H3,(H,22,26). The highest BCUT2D eigenvalue weighted by Crippen LogP contribution is 2.36. The molecule has 0 atom stereocenters. The van der Waals surface area contributed by atoms with Crippen LogP contribution >= 0.6 is 11.8 Å². The molecule has 1 aromatic heterocycles. The van der Waals surface area contributed by atoms with Crippen molar-refractivity contribution >= 4 is 33.5 Å². The van der Waals surface area contributed by atoms with Crippen LogP contribution in [-0.2, 0) is 21.5 Å². The number of nitrogens with one attached hydrogen (secondary N) is 1. The minimum absolute atomic E-state index is 0.134. The van der Waals surface area contributed by atoms with E-state index in [1.54, 1.807) is 23.6 Å². The Morgan fingerprint density at radius 1 is 1.10 bits per heavy atom. The molecule has 0 spiro atoms. The molecule has 0 saturated carbocycles. The fourth-order valence-corrected chi connectivity index (χ4v) is 5.16. The van der Waals surface area contributed by atoms with E-state index >= 15 is 0 Å². The van der Waals surface area contributed by atoms with E-state index in [4.69, 9.17) is 4.74 Å². The number of aromatic nitrogens is 2. The number of nitrogens with zero attached hydrogens (tertiary/aromatic N) is 3. The first-order valence-corrected chi connectivity index (χ1v) is 12.1. The molecule has 162 valence electrons. The number of thioether (sulfide) groups is 1. The second kappa shape index (κ2) is 8.37. The maximum atomic E-state index is 13.0. The number of benzene rings is 2. The molecule has 2 heterocycles. The van der Waals surface area contributed by atoms with Gasteiger partial charge in [-0.1, -0.05) is 0 Å². The molecule has 31 heavy (non-hydrogen) atoms. The van der Waals surface area contributed by atoms with Gasteiger partial charge in [-0.25, -0.2) is 17.4 Å². The molecule has 2 aromatic carbocycles. The summed E-state index contributed by atoms with van der Waals surface area (Å²) in [6, 6.07) is 13.3. The number of carbonyl (C=O) groups is 1. The van der Waals surface area contributed by atoms with Crippen LogP contribution in [0, 0.1) is 0 Å². The molecule has 1 aliphatic heterocycles. The number of ether oxygens (including phenoxy) is 1. The SMILES string of the molecule is COc1ccc(-n2nc3c(c2NC(=O)c2ccc(S(=O)(=O)N(C)C)cc2)CSC3)cc1. The van der Waals surface area contributed by atoms with Gasteiger partial charge in [-0.15, -0.1) is 0 Å². The van der Waals surface area contributed by atoms with Crippen molar-refractivity contribution < 1.29 is 17.9 Å². The van der Waals surface area contributed by atoms with Crippen LogP contribution in [0.4, 0.5) is 5.82 Å². The Hall–Kier alpha value is -2.82. The molecular formula is C21H22N4O4S2. The average molecular weight is 459 g/mol. The molecule has 3 aromatic rings. The first kappa shape index (κ1) is 21.4. The van der Waals surface area contributed by atoms with Crippen molar-refractivity contribution in [3.05, 3.63) is 65.4 Å². The van der Waals surface area contributed by atoms with Gasteiger partial charge in [0.15, 0.2) is 0 Å². The lowest BCUT2D eigenvalue weighted by atomic mass is 10.2. The summed E-state index contributed by atoms with van der Waals surface area (Å²) in [6.07, 6.45) is 0. The number of hydrogen-bond acceptors (Lipinski definition) is 6. The molecule has 10 heteroatoms. The number of fused-ring (bicyclic) bond motifs is 1. The molecule has 4 rings (SSSR count). The Morgan fingerprint density at radius 2 is 1.77 bits per heavy atom. The van der Waals surface area contributed by atoms with Crippen molar-refractivity contribution in [3.63, 3.8) is 0 Å². The molecule has 0 radical (unpaired) electrons. The van der Waals surface area contributed by atoms with Crippen molar-refractivity contribution in [1.82, 2.24) is 14.1 Å². The van der Waals surface area contributed by atoms with Crippen molar-refractivity contribution in [2.45, 2.75) is 16.4 Å². The maximum Gasteiger partial charge on any atom is 0.256 e. The van der Waals surface area contributed by atoms with Gasteiger partial charge in [0.05, 0.1) is 23.4 Å². The summed E-state index contributed by atoms with van der Waals surface area (Å²) < 4.78 is 32.6. The molecular weight excluding hydrogens is 436 g/mol. The van der Waals surface area contributed by atoms with Gasteiger partial charge in [0, 0.05) is 36.7 Å². The van der Waals surface area contributed by atoms with Crippen molar-refractivity contribution in [2.24, 2.45) is 0 Å². The average Bonchev–Trinajstić information content (AvgIpc) is 3.36. The van der Waals surface area contributed by atoms with Crippen molar-refractivity contribution in [3.8, 4) is 11.4 Å². The zero-order valence-electron chi connectivity index (χ0n) is 17.3. The van der Waals surface area contributed by atoms with E-state index in [0.717, 1.165) is 38.5 Å². The summed E-state index contributed by atoms with van der Waals surface area (Å²) in [4.78, 5) is 13.1. The van der Waals surface area contributed by atoms with E-state index in [2.05, 4.69) is 10.4 Å². The molecule has 0 aliphatic carbocycles. The second-order valence-electron chi connectivity index (χ2n) is 7.14. The lowest BCUT2D eigenvalue weighted by molar-refractivity contribution is 0.102. The first-order chi connectivity index (χ1) is 14.8. The third kappa shape index (κ3) is 4.06. The van der Waals surface area contributed by atoms with E-state index in [1.165, 1.54) is 38.4 Å². The minimum Gasteiger partial charge on any atom is -0.497 e. The summed E-state index contributed by atoms with van der Waals surface area (Å²) >= 11 is 1.75. The Balaban J connectivity index is 1.64. The molecule has 0 saturated heterocycles. The maximum absolute atomic E-state index is 13.0. The number of sulfonamides is 1. The Kier molecular flexibility index (Phi) is 5.78. The van der Waals surface area contributed by atoms with E-state index in [1.807, 2.05) is 24.3 Å². The van der Waals surface area contributed by atoms with Crippen LogP contribution in [0.25, 0.3) is 5.69 Å². The van der Waals surface area contributed by atoms with Crippen LogP contribution in [0.3, 0.4) is 0 Å². The highest BCUT2D eigenvalue weighted by molar-refractivity contribution is 7.98. The highest BCUT2D eigenvalue weighted by Gasteiger charge is 2.25. The van der Waals surface area contributed by atoms with Crippen LogP contribution in [0.5, 0.6) is 5.75 Å². The van der Waals surface area contributed by atoms with Crippen LogP contribution in [-0.4, -0.2) is 49.6 Å². The first-order valence-electron chi connectivity index (χ1n) is 9.48. The summed E-state index contributed by atoms with van der Waals surface area (Å²) in [5.74, 6) is 2.58. The van der Waals surface area contributed by atoms with Gasteiger partial charge in [-0.3, -0.25) is 4.79 Å². The van der Waals surface area contributed by atoms with Gasteiger partial charge in [0.25, 0.3) is 5.91 Å². The lowest BCUT2D eigenvalue weighted by Gasteiger charge is -2.13. The monoisotopic (exact) mass is 458 g/mol. The zero-order valence-corrected chi connectivity index (χ0v) is 19.0. The van der Waals surface area contributed by atoms with Gasteiger partial charge in [0.1, 0.15) is 11.6 Å². The van der Waals surface area contributed by atoms with Crippen LogP contribution in [0.15, 0.2) is 53.4 Å². The number of amides is 1. The quantitative estimate of drug-likeness (QED) is 0.610. The summed E-state index contributed by atoms with van der Waals surface area (Å²) in [7, 11) is 0.989. The third-order valence-electron chi connectivity index (χ3n) is 5.00. The van der Waals surface area contributed by atoms with Gasteiger partial charge < -0.3 is 10.1 Å². The number of anilines is 1. The molecule has 0 bridgehead atoms. The second-order valence-corrected chi connectivity index (χ2v) is 10.3. The van der Waals surface area contributed by atoms with Crippen LogP contribution < -0.4 is 10.1 Å². The molecule has 1 amide bonds. The fourth-order valence-electron chi connectivity index (χ4n) is 3.22. The minimum atomic E-state index is -3.55. The normalized spacial score (nSPS) is 13.3. The molecule has 1 aliphatic rings. The van der Waals surface area contributed by atoms with E-state index in [0.29, 0.717) is 11.4 Å². The fraction of sp³-hybridized carbons (Fsp3) is 0.238. The van der Waals surface area contributed by atoms with Crippen LogP contribution in [0.1, 0.15) is 21.6 Å².